The molecule has 1 atom stereocenters. The van der Waals surface area contributed by atoms with Crippen LogP contribution in [0.2, 0.25) is 0 Å². The SMILES string of the molecule is CCOC(=O)C1=C(C)N=c2s/c(=C\c3cccc([N+](=O)[O-])c3)c(=O)n2[C@@H]1c1ccc(OC(C)=O)c(OC)c1. The molecule has 12 heteroatoms. The van der Waals surface area contributed by atoms with Crippen LogP contribution in [0, 0.1) is 10.1 Å². The fourth-order valence-corrected chi connectivity index (χ4v) is 5.13. The summed E-state index contributed by atoms with van der Waals surface area (Å²) in [7, 11) is 1.41. The quantitative estimate of drug-likeness (QED) is 0.194. The van der Waals surface area contributed by atoms with Gasteiger partial charge >= 0.3 is 11.9 Å². The number of hydrogen-bond acceptors (Lipinski definition) is 10. The van der Waals surface area contributed by atoms with E-state index in [9.17, 15) is 24.5 Å². The lowest BCUT2D eigenvalue weighted by Crippen LogP contribution is -2.40. The second kappa shape index (κ2) is 10.8. The van der Waals surface area contributed by atoms with Crippen molar-refractivity contribution < 1.29 is 28.7 Å². The van der Waals surface area contributed by atoms with Crippen LogP contribution in [0.15, 0.2) is 63.5 Å². The van der Waals surface area contributed by atoms with E-state index < -0.39 is 28.5 Å². The minimum Gasteiger partial charge on any atom is -0.493 e. The van der Waals surface area contributed by atoms with E-state index in [1.165, 1.54) is 42.9 Å². The van der Waals surface area contributed by atoms with Crippen molar-refractivity contribution in [1.82, 2.24) is 4.57 Å². The van der Waals surface area contributed by atoms with Crippen molar-refractivity contribution in [3.63, 3.8) is 0 Å². The molecule has 1 aliphatic heterocycles. The van der Waals surface area contributed by atoms with Gasteiger partial charge in [-0.15, -0.1) is 0 Å². The average molecular weight is 538 g/mol. The molecule has 0 fully saturated rings. The third-order valence-corrected chi connectivity index (χ3v) is 6.64. The molecule has 2 heterocycles. The van der Waals surface area contributed by atoms with Gasteiger partial charge in [0, 0.05) is 19.1 Å². The van der Waals surface area contributed by atoms with E-state index in [2.05, 4.69) is 4.99 Å². The highest BCUT2D eigenvalue weighted by Crippen LogP contribution is 2.36. The van der Waals surface area contributed by atoms with Crippen molar-refractivity contribution in [2.45, 2.75) is 26.8 Å². The van der Waals surface area contributed by atoms with Crippen LogP contribution in [0.3, 0.4) is 0 Å². The van der Waals surface area contributed by atoms with Crippen LogP contribution in [0.25, 0.3) is 6.08 Å². The summed E-state index contributed by atoms with van der Waals surface area (Å²) in [6, 6.07) is 9.72. The summed E-state index contributed by atoms with van der Waals surface area (Å²) < 4.78 is 17.5. The van der Waals surface area contributed by atoms with Crippen LogP contribution in [0.5, 0.6) is 11.5 Å². The second-order valence-electron chi connectivity index (χ2n) is 8.16. The van der Waals surface area contributed by atoms with Gasteiger partial charge in [-0.25, -0.2) is 9.79 Å². The predicted octanol–water partition coefficient (Wildman–Crippen LogP) is 2.64. The Morgan fingerprint density at radius 2 is 1.97 bits per heavy atom. The van der Waals surface area contributed by atoms with Gasteiger partial charge in [0.2, 0.25) is 0 Å². The maximum atomic E-state index is 13.7. The first-order valence-corrected chi connectivity index (χ1v) is 12.3. The number of ether oxygens (including phenoxy) is 3. The predicted molar refractivity (Wildman–Crippen MR) is 138 cm³/mol. The van der Waals surface area contributed by atoms with Crippen molar-refractivity contribution in [3.8, 4) is 11.5 Å². The van der Waals surface area contributed by atoms with Crippen LogP contribution >= 0.6 is 11.3 Å². The lowest BCUT2D eigenvalue weighted by molar-refractivity contribution is -0.384. The van der Waals surface area contributed by atoms with E-state index >= 15 is 0 Å². The lowest BCUT2D eigenvalue weighted by Gasteiger charge is -2.25. The molecule has 196 valence electrons. The molecule has 0 aliphatic carbocycles. The number of nitrogens with zero attached hydrogens (tertiary/aromatic N) is 3. The topological polar surface area (TPSA) is 139 Å². The lowest BCUT2D eigenvalue weighted by atomic mass is 9.95. The molecule has 0 bridgehead atoms. The van der Waals surface area contributed by atoms with Gasteiger partial charge in [0.15, 0.2) is 16.3 Å². The molecular formula is C26H23N3O8S. The number of non-ortho nitro benzene ring substituents is 1. The van der Waals surface area contributed by atoms with Gasteiger partial charge in [-0.2, -0.15) is 0 Å². The Bertz CT molecular complexity index is 1670. The van der Waals surface area contributed by atoms with Crippen LogP contribution in [-0.4, -0.2) is 35.1 Å². The second-order valence-corrected chi connectivity index (χ2v) is 9.17. The van der Waals surface area contributed by atoms with Gasteiger partial charge < -0.3 is 14.2 Å². The molecule has 0 unspecified atom stereocenters. The fourth-order valence-electron chi connectivity index (χ4n) is 4.08. The third kappa shape index (κ3) is 5.11. The Morgan fingerprint density at radius 3 is 2.63 bits per heavy atom. The van der Waals surface area contributed by atoms with Gasteiger partial charge in [0.25, 0.3) is 11.2 Å². The summed E-state index contributed by atoms with van der Waals surface area (Å²) in [4.78, 5) is 53.8. The van der Waals surface area contributed by atoms with Gasteiger partial charge in [-0.3, -0.25) is 24.3 Å². The van der Waals surface area contributed by atoms with E-state index in [1.807, 2.05) is 0 Å². The number of esters is 2. The Balaban J connectivity index is 1.95. The van der Waals surface area contributed by atoms with Crippen LogP contribution < -0.4 is 24.4 Å². The maximum Gasteiger partial charge on any atom is 0.338 e. The molecule has 0 radical (unpaired) electrons. The monoisotopic (exact) mass is 537 g/mol. The summed E-state index contributed by atoms with van der Waals surface area (Å²) in [5, 5.41) is 11.2. The number of carbonyl (C=O) groups is 2. The number of aromatic nitrogens is 1. The highest BCUT2D eigenvalue weighted by molar-refractivity contribution is 7.07. The summed E-state index contributed by atoms with van der Waals surface area (Å²) in [5.41, 5.74) is 0.961. The molecule has 0 spiro atoms. The van der Waals surface area contributed by atoms with E-state index in [4.69, 9.17) is 14.2 Å². The molecule has 1 aromatic heterocycles. The minimum atomic E-state index is -0.919. The van der Waals surface area contributed by atoms with Crippen LogP contribution in [-0.2, 0) is 14.3 Å². The smallest absolute Gasteiger partial charge is 0.338 e. The molecule has 38 heavy (non-hydrogen) atoms. The molecule has 4 rings (SSSR count). The molecule has 3 aromatic rings. The molecule has 11 nitrogen and oxygen atoms in total. The number of methoxy groups -OCH3 is 1. The zero-order valence-electron chi connectivity index (χ0n) is 20.9. The first-order valence-electron chi connectivity index (χ1n) is 11.4. The fraction of sp³-hybridized carbons (Fsp3) is 0.231. The molecule has 2 aromatic carbocycles. The van der Waals surface area contributed by atoms with E-state index in [-0.39, 0.29) is 33.9 Å². The van der Waals surface area contributed by atoms with Crippen molar-refractivity contribution in [2.24, 2.45) is 4.99 Å². The Morgan fingerprint density at radius 1 is 1.21 bits per heavy atom. The van der Waals surface area contributed by atoms with Crippen LogP contribution in [0.4, 0.5) is 5.69 Å². The standard InChI is InChI=1S/C26H23N3O8S/c1-5-36-25(32)22-14(2)27-26-28(23(22)17-9-10-19(37-15(3)30)20(13-17)35-4)24(31)21(38-26)12-16-7-6-8-18(11-16)29(33)34/h6-13,23H,5H2,1-4H3/b21-12-/t23-/m1/s1. The Labute approximate surface area is 220 Å². The van der Waals surface area contributed by atoms with Crippen molar-refractivity contribution in [3.05, 3.63) is 94.7 Å². The molecule has 0 amide bonds. The van der Waals surface area contributed by atoms with Gasteiger partial charge in [-0.1, -0.05) is 29.5 Å². The van der Waals surface area contributed by atoms with E-state index in [0.29, 0.717) is 21.6 Å². The molecule has 0 saturated carbocycles. The zero-order chi connectivity index (χ0) is 27.6. The van der Waals surface area contributed by atoms with Crippen molar-refractivity contribution in [2.75, 3.05) is 13.7 Å². The number of allylic oxidation sites excluding steroid dienone is 1. The molecular weight excluding hydrogens is 514 g/mol. The molecule has 0 saturated heterocycles. The van der Waals surface area contributed by atoms with Gasteiger partial charge in [0.05, 0.1) is 40.5 Å². The summed E-state index contributed by atoms with van der Waals surface area (Å²) in [6.07, 6.45) is 1.54. The summed E-state index contributed by atoms with van der Waals surface area (Å²) >= 11 is 1.09. The zero-order valence-corrected chi connectivity index (χ0v) is 21.7. The molecule has 0 N–H and O–H groups in total. The number of rotatable bonds is 7. The number of benzene rings is 2. The van der Waals surface area contributed by atoms with Gasteiger partial charge in [0.1, 0.15) is 0 Å². The maximum absolute atomic E-state index is 13.7. The van der Waals surface area contributed by atoms with Crippen molar-refractivity contribution >= 4 is 35.0 Å². The number of nitro groups is 1. The first-order chi connectivity index (χ1) is 18.1. The van der Waals surface area contributed by atoms with Crippen LogP contribution in [0.1, 0.15) is 37.9 Å². The number of thiazole rings is 1. The molecule has 1 aliphatic rings. The highest BCUT2D eigenvalue weighted by Gasteiger charge is 2.34. The highest BCUT2D eigenvalue weighted by atomic mass is 32.1. The van der Waals surface area contributed by atoms with Gasteiger partial charge in [-0.05, 0) is 43.2 Å². The number of nitro benzene ring substituents is 1. The Hall–Kier alpha value is -4.58. The number of carbonyl (C=O) groups excluding carboxylic acids is 2. The normalized spacial score (nSPS) is 14.9. The first kappa shape index (κ1) is 26.5. The average Bonchev–Trinajstić information content (AvgIpc) is 3.17. The Kier molecular flexibility index (Phi) is 7.53. The summed E-state index contributed by atoms with van der Waals surface area (Å²) in [6.45, 7) is 4.71. The third-order valence-electron chi connectivity index (χ3n) is 5.65. The number of hydrogen-bond donors (Lipinski definition) is 0. The van der Waals surface area contributed by atoms with E-state index in [0.717, 1.165) is 11.3 Å². The largest absolute Gasteiger partial charge is 0.493 e. The van der Waals surface area contributed by atoms with Crippen molar-refractivity contribution in [1.29, 1.82) is 0 Å². The number of fused-ring (bicyclic) bond motifs is 1. The minimum absolute atomic E-state index is 0.107. The van der Waals surface area contributed by atoms with E-state index in [1.54, 1.807) is 38.1 Å². The summed E-state index contributed by atoms with van der Waals surface area (Å²) in [5.74, 6) is -0.752.